The van der Waals surface area contributed by atoms with Crippen molar-refractivity contribution in [3.05, 3.63) is 35.8 Å². The summed E-state index contributed by atoms with van der Waals surface area (Å²) in [5, 5.41) is 0.822. The number of benzene rings is 1. The van der Waals surface area contributed by atoms with E-state index in [0.717, 1.165) is 10.9 Å². The molecule has 0 unspecified atom stereocenters. The van der Waals surface area contributed by atoms with Crippen LogP contribution in [0.2, 0.25) is 0 Å². The SMILES string of the molecule is Cc1ccc2oc(F)cc2c1. The molecule has 0 N–H and O–H groups in total. The molecule has 0 aliphatic heterocycles. The van der Waals surface area contributed by atoms with Gasteiger partial charge in [0.25, 0.3) is 6.01 Å². The van der Waals surface area contributed by atoms with Gasteiger partial charge in [0.1, 0.15) is 5.58 Å². The van der Waals surface area contributed by atoms with Crippen LogP contribution in [0.25, 0.3) is 11.0 Å². The van der Waals surface area contributed by atoms with Gasteiger partial charge in [0.05, 0.1) is 0 Å². The maximum Gasteiger partial charge on any atom is 0.278 e. The van der Waals surface area contributed by atoms with Crippen molar-refractivity contribution in [2.75, 3.05) is 0 Å². The largest absolute Gasteiger partial charge is 0.431 e. The lowest BCUT2D eigenvalue weighted by atomic mass is 10.2. The second-order valence-electron chi connectivity index (χ2n) is 2.59. The predicted octanol–water partition coefficient (Wildman–Crippen LogP) is 2.88. The van der Waals surface area contributed by atoms with Gasteiger partial charge >= 0.3 is 0 Å². The van der Waals surface area contributed by atoms with E-state index >= 15 is 0 Å². The van der Waals surface area contributed by atoms with Crippen molar-refractivity contribution < 1.29 is 8.81 Å². The van der Waals surface area contributed by atoms with Gasteiger partial charge in [-0.25, -0.2) is 0 Å². The smallest absolute Gasteiger partial charge is 0.278 e. The van der Waals surface area contributed by atoms with E-state index in [-0.39, 0.29) is 0 Å². The summed E-state index contributed by atoms with van der Waals surface area (Å²) in [4.78, 5) is 0. The summed E-state index contributed by atoms with van der Waals surface area (Å²) in [6.45, 7) is 1.96. The Balaban J connectivity index is 2.82. The average Bonchev–Trinajstić information content (AvgIpc) is 2.27. The van der Waals surface area contributed by atoms with E-state index in [0.29, 0.717) is 5.58 Å². The average molecular weight is 150 g/mol. The molecule has 0 aliphatic rings. The van der Waals surface area contributed by atoms with Crippen molar-refractivity contribution in [1.29, 1.82) is 0 Å². The van der Waals surface area contributed by atoms with Crippen molar-refractivity contribution in [1.82, 2.24) is 0 Å². The van der Waals surface area contributed by atoms with Gasteiger partial charge < -0.3 is 4.42 Å². The van der Waals surface area contributed by atoms with Crippen molar-refractivity contribution in [2.24, 2.45) is 0 Å². The summed E-state index contributed by atoms with van der Waals surface area (Å²) in [6.07, 6.45) is 0. The summed E-state index contributed by atoms with van der Waals surface area (Å²) in [5.74, 6) is 0. The summed E-state index contributed by atoms with van der Waals surface area (Å²) in [7, 11) is 0. The Morgan fingerprint density at radius 1 is 1.27 bits per heavy atom. The van der Waals surface area contributed by atoms with E-state index in [1.165, 1.54) is 6.07 Å². The molecule has 0 spiro atoms. The molecule has 11 heavy (non-hydrogen) atoms. The lowest BCUT2D eigenvalue weighted by Gasteiger charge is -1.88. The molecule has 0 amide bonds. The number of hydrogen-bond donors (Lipinski definition) is 0. The molecule has 0 aliphatic carbocycles. The molecule has 1 nitrogen and oxygen atoms in total. The van der Waals surface area contributed by atoms with Gasteiger partial charge in [-0.15, -0.1) is 0 Å². The first-order valence-electron chi connectivity index (χ1n) is 3.41. The topological polar surface area (TPSA) is 13.1 Å². The van der Waals surface area contributed by atoms with Crippen LogP contribution in [0.5, 0.6) is 0 Å². The molecular weight excluding hydrogens is 143 g/mol. The molecule has 1 heterocycles. The molecule has 0 saturated carbocycles. The zero-order valence-electron chi connectivity index (χ0n) is 6.10. The Morgan fingerprint density at radius 3 is 2.91 bits per heavy atom. The van der Waals surface area contributed by atoms with Crippen molar-refractivity contribution in [2.45, 2.75) is 6.92 Å². The molecule has 2 rings (SSSR count). The zero-order chi connectivity index (χ0) is 7.84. The van der Waals surface area contributed by atoms with Gasteiger partial charge in [-0.05, 0) is 19.1 Å². The standard InChI is InChI=1S/C9H7FO/c1-6-2-3-8-7(4-6)5-9(10)11-8/h2-5H,1H3. The maximum absolute atomic E-state index is 12.5. The predicted molar refractivity (Wildman–Crippen MR) is 40.9 cm³/mol. The van der Waals surface area contributed by atoms with Crippen LogP contribution in [0, 0.1) is 12.9 Å². The normalized spacial score (nSPS) is 10.7. The molecular formula is C9H7FO. The van der Waals surface area contributed by atoms with E-state index in [4.69, 9.17) is 4.42 Å². The summed E-state index contributed by atoms with van der Waals surface area (Å²) < 4.78 is 17.2. The molecule has 0 saturated heterocycles. The lowest BCUT2D eigenvalue weighted by molar-refractivity contribution is 0.381. The molecule has 1 aromatic carbocycles. The number of aryl methyl sites for hydroxylation is 1. The minimum Gasteiger partial charge on any atom is -0.431 e. The molecule has 0 radical (unpaired) electrons. The molecule has 1 aromatic heterocycles. The molecule has 0 bridgehead atoms. The first kappa shape index (κ1) is 6.40. The van der Waals surface area contributed by atoms with Crippen LogP contribution in [0.15, 0.2) is 28.7 Å². The molecule has 0 atom stereocenters. The third-order valence-electron chi connectivity index (χ3n) is 1.64. The van der Waals surface area contributed by atoms with Crippen LogP contribution in [-0.4, -0.2) is 0 Å². The summed E-state index contributed by atoms with van der Waals surface area (Å²) in [5.41, 5.74) is 1.71. The Kier molecular flexibility index (Phi) is 1.22. The summed E-state index contributed by atoms with van der Waals surface area (Å²) in [6, 6.07) is 6.43. The van der Waals surface area contributed by atoms with Gasteiger partial charge in [-0.1, -0.05) is 11.6 Å². The highest BCUT2D eigenvalue weighted by atomic mass is 19.1. The summed E-state index contributed by atoms with van der Waals surface area (Å²) >= 11 is 0. The monoisotopic (exact) mass is 150 g/mol. The Bertz CT molecular complexity index is 389. The van der Waals surface area contributed by atoms with E-state index in [1.54, 1.807) is 6.07 Å². The van der Waals surface area contributed by atoms with Crippen LogP contribution in [0.4, 0.5) is 4.39 Å². The minimum absolute atomic E-state index is 0.523. The fourth-order valence-electron chi connectivity index (χ4n) is 1.13. The third-order valence-corrected chi connectivity index (χ3v) is 1.64. The maximum atomic E-state index is 12.5. The number of hydrogen-bond acceptors (Lipinski definition) is 1. The molecule has 2 aromatic rings. The van der Waals surface area contributed by atoms with E-state index in [2.05, 4.69) is 0 Å². The van der Waals surface area contributed by atoms with E-state index in [9.17, 15) is 4.39 Å². The third kappa shape index (κ3) is 1.00. The highest BCUT2D eigenvalue weighted by Gasteiger charge is 2.00. The minimum atomic E-state index is -0.523. The zero-order valence-corrected chi connectivity index (χ0v) is 6.10. The molecule has 0 fully saturated rings. The second kappa shape index (κ2) is 2.09. The van der Waals surface area contributed by atoms with Gasteiger partial charge in [-0.2, -0.15) is 4.39 Å². The van der Waals surface area contributed by atoms with Crippen molar-refractivity contribution >= 4 is 11.0 Å². The first-order chi connectivity index (χ1) is 5.25. The fraction of sp³-hybridized carbons (Fsp3) is 0.111. The number of halogens is 1. The van der Waals surface area contributed by atoms with Crippen molar-refractivity contribution in [3.8, 4) is 0 Å². The second-order valence-corrected chi connectivity index (χ2v) is 2.59. The van der Waals surface area contributed by atoms with Crippen LogP contribution in [0.1, 0.15) is 5.56 Å². The molecule has 2 heteroatoms. The number of rotatable bonds is 0. The highest BCUT2D eigenvalue weighted by molar-refractivity contribution is 5.77. The van der Waals surface area contributed by atoms with E-state index < -0.39 is 6.01 Å². The number of furan rings is 1. The van der Waals surface area contributed by atoms with Crippen LogP contribution in [-0.2, 0) is 0 Å². The lowest BCUT2D eigenvalue weighted by Crippen LogP contribution is -1.67. The highest BCUT2D eigenvalue weighted by Crippen LogP contribution is 2.18. The van der Waals surface area contributed by atoms with Crippen LogP contribution in [0.3, 0.4) is 0 Å². The number of fused-ring (bicyclic) bond motifs is 1. The fourth-order valence-corrected chi connectivity index (χ4v) is 1.13. The van der Waals surface area contributed by atoms with Gasteiger partial charge in [0, 0.05) is 11.5 Å². The van der Waals surface area contributed by atoms with Crippen molar-refractivity contribution in [3.63, 3.8) is 0 Å². The molecule has 56 valence electrons. The van der Waals surface area contributed by atoms with Crippen LogP contribution >= 0.6 is 0 Å². The quantitative estimate of drug-likeness (QED) is 0.562. The van der Waals surface area contributed by atoms with Gasteiger partial charge in [0.2, 0.25) is 0 Å². The van der Waals surface area contributed by atoms with E-state index in [1.807, 2.05) is 19.1 Å². The van der Waals surface area contributed by atoms with Gasteiger partial charge in [-0.3, -0.25) is 0 Å². The van der Waals surface area contributed by atoms with Crippen LogP contribution < -0.4 is 0 Å². The Morgan fingerprint density at radius 2 is 2.09 bits per heavy atom. The van der Waals surface area contributed by atoms with Gasteiger partial charge in [0.15, 0.2) is 0 Å². The first-order valence-corrected chi connectivity index (χ1v) is 3.41. The Hall–Kier alpha value is -1.31. The Labute approximate surface area is 63.4 Å².